The molecule has 0 saturated carbocycles. The lowest BCUT2D eigenvalue weighted by Gasteiger charge is -2.21. The van der Waals surface area contributed by atoms with E-state index in [0.29, 0.717) is 0 Å². The topological polar surface area (TPSA) is 75.2 Å². The highest BCUT2D eigenvalue weighted by atomic mass is 16.8. The summed E-state index contributed by atoms with van der Waals surface area (Å²) in [6.45, 7) is 0. The number of benzene rings is 2. The summed E-state index contributed by atoms with van der Waals surface area (Å²) in [7, 11) is 0. The highest BCUT2D eigenvalue weighted by Gasteiger charge is 2.03. The van der Waals surface area contributed by atoms with E-state index in [4.69, 9.17) is 5.21 Å². The molecule has 0 fully saturated rings. The van der Waals surface area contributed by atoms with Crippen molar-refractivity contribution in [3.05, 3.63) is 77.4 Å². The van der Waals surface area contributed by atoms with Crippen LogP contribution in [-0.2, 0) is 0 Å². The summed E-state index contributed by atoms with van der Waals surface area (Å²) < 4.78 is 0. The van der Waals surface area contributed by atoms with Gasteiger partial charge in [-0.05, 0) is 40.8 Å². The van der Waals surface area contributed by atoms with Crippen molar-refractivity contribution < 1.29 is 5.21 Å². The van der Waals surface area contributed by atoms with Crippen molar-refractivity contribution in [3.8, 4) is 0 Å². The van der Waals surface area contributed by atoms with Gasteiger partial charge in [-0.3, -0.25) is 10.2 Å². The molecule has 2 aromatic carbocycles. The highest BCUT2D eigenvalue weighted by Crippen LogP contribution is 2.26. The zero-order chi connectivity index (χ0) is 16.5. The van der Waals surface area contributed by atoms with Crippen LogP contribution in [0, 0.1) is 5.21 Å². The molecule has 0 saturated heterocycles. The Morgan fingerprint density at radius 3 is 2.79 bits per heavy atom. The molecule has 5 heteroatoms. The maximum Gasteiger partial charge on any atom is 0.0516 e. The normalized spacial score (nSPS) is 11.6. The van der Waals surface area contributed by atoms with Crippen LogP contribution in [0.2, 0.25) is 0 Å². The molecular weight excluding hydrogens is 302 g/mol. The van der Waals surface area contributed by atoms with Crippen molar-refractivity contribution in [2.75, 3.05) is 5.23 Å². The number of hydrogen-bond acceptors (Lipinski definition) is 4. The maximum atomic E-state index is 11.1. The molecule has 0 unspecified atom stereocenters. The van der Waals surface area contributed by atoms with Crippen molar-refractivity contribution in [2.45, 2.75) is 0 Å². The molecule has 118 valence electrons. The van der Waals surface area contributed by atoms with E-state index >= 15 is 0 Å². The van der Waals surface area contributed by atoms with E-state index in [0.717, 1.165) is 32.8 Å². The molecule has 0 bridgehead atoms. The smallest absolute Gasteiger partial charge is 0.0516 e. The molecule has 4 rings (SSSR count). The van der Waals surface area contributed by atoms with Crippen LogP contribution in [0.5, 0.6) is 0 Å². The van der Waals surface area contributed by atoms with Crippen molar-refractivity contribution >= 4 is 39.5 Å². The lowest BCUT2D eigenvalue weighted by atomic mass is 10.0. The second-order valence-corrected chi connectivity index (χ2v) is 5.52. The predicted molar refractivity (Wildman–Crippen MR) is 96.6 cm³/mol. The highest BCUT2D eigenvalue weighted by molar-refractivity contribution is 5.97. The second kappa shape index (κ2) is 5.81. The summed E-state index contributed by atoms with van der Waals surface area (Å²) in [6, 6.07) is 13.1. The Morgan fingerprint density at radius 2 is 1.92 bits per heavy atom. The number of nitrogens with zero attached hydrogens (tertiary/aromatic N) is 2. The molecule has 0 atom stereocenters. The minimum Gasteiger partial charge on any atom is -0.733 e. The Kier molecular flexibility index (Phi) is 3.49. The van der Waals surface area contributed by atoms with Crippen LogP contribution in [0.15, 0.2) is 61.1 Å². The minimum absolute atomic E-state index is 0.127. The second-order valence-electron chi connectivity index (χ2n) is 5.52. The van der Waals surface area contributed by atoms with Gasteiger partial charge in [-0.2, -0.15) is 0 Å². The lowest BCUT2D eigenvalue weighted by molar-refractivity contribution is 0.296. The summed E-state index contributed by atoms with van der Waals surface area (Å²) in [6.07, 6.45) is 9.52. The minimum atomic E-state index is -0.127. The zero-order valence-electron chi connectivity index (χ0n) is 12.7. The van der Waals surface area contributed by atoms with Gasteiger partial charge in [-0.15, -0.1) is 0 Å². The number of anilines is 1. The molecule has 2 heterocycles. The third-order valence-electron chi connectivity index (χ3n) is 4.08. The molecule has 4 aromatic rings. The Hall–Kier alpha value is -3.15. The molecule has 0 spiro atoms. The monoisotopic (exact) mass is 316 g/mol. The Morgan fingerprint density at radius 1 is 1.04 bits per heavy atom. The lowest BCUT2D eigenvalue weighted by Crippen LogP contribution is -2.06. The van der Waals surface area contributed by atoms with Gasteiger partial charge in [-0.25, -0.2) is 0 Å². The van der Waals surface area contributed by atoms with Crippen molar-refractivity contribution in [1.82, 2.24) is 9.97 Å². The number of nitrogens with one attached hydrogen (secondary N) is 1. The third-order valence-corrected chi connectivity index (χ3v) is 4.08. The molecular formula is C19H14N3O2-. The van der Waals surface area contributed by atoms with Gasteiger partial charge in [0.25, 0.3) is 0 Å². The average Bonchev–Trinajstić information content (AvgIpc) is 3.02. The predicted octanol–water partition coefficient (Wildman–Crippen LogP) is 4.58. The summed E-state index contributed by atoms with van der Waals surface area (Å²) in [5, 5.41) is 23.1. The van der Waals surface area contributed by atoms with Crippen LogP contribution in [0.25, 0.3) is 33.8 Å². The number of aromatic amines is 1. The fourth-order valence-electron chi connectivity index (χ4n) is 2.86. The SMILES string of the molecule is [O-]N(O)c1ccc2[nH]cc(/C=C/c3cccc4cnccc34)c2c1. The van der Waals surface area contributed by atoms with Crippen LogP contribution in [0.1, 0.15) is 11.1 Å². The van der Waals surface area contributed by atoms with E-state index in [1.807, 2.05) is 48.8 Å². The first-order valence-electron chi connectivity index (χ1n) is 7.50. The molecule has 0 aliphatic heterocycles. The van der Waals surface area contributed by atoms with Gasteiger partial charge < -0.3 is 15.4 Å². The summed E-state index contributed by atoms with van der Waals surface area (Å²) in [5.41, 5.74) is 3.14. The first-order valence-corrected chi connectivity index (χ1v) is 7.50. The van der Waals surface area contributed by atoms with E-state index in [-0.39, 0.29) is 10.9 Å². The molecule has 0 aliphatic rings. The quantitative estimate of drug-likeness (QED) is 0.542. The molecule has 2 aromatic heterocycles. The summed E-state index contributed by atoms with van der Waals surface area (Å²) in [4.78, 5) is 7.31. The van der Waals surface area contributed by atoms with Gasteiger partial charge in [0, 0.05) is 34.9 Å². The number of H-pyrrole nitrogens is 1. The van der Waals surface area contributed by atoms with Crippen molar-refractivity contribution in [2.24, 2.45) is 0 Å². The van der Waals surface area contributed by atoms with Crippen LogP contribution < -0.4 is 5.23 Å². The summed E-state index contributed by atoms with van der Waals surface area (Å²) >= 11 is 0. The fourth-order valence-corrected chi connectivity index (χ4v) is 2.86. The number of aromatic nitrogens is 2. The van der Waals surface area contributed by atoms with Gasteiger partial charge in [0.05, 0.1) is 5.69 Å². The van der Waals surface area contributed by atoms with E-state index < -0.39 is 0 Å². The van der Waals surface area contributed by atoms with E-state index in [9.17, 15) is 5.21 Å². The van der Waals surface area contributed by atoms with E-state index in [1.54, 1.807) is 24.4 Å². The van der Waals surface area contributed by atoms with E-state index in [1.165, 1.54) is 0 Å². The fraction of sp³-hybridized carbons (Fsp3) is 0. The average molecular weight is 316 g/mol. The number of hydrogen-bond donors (Lipinski definition) is 2. The van der Waals surface area contributed by atoms with Crippen LogP contribution in [0.3, 0.4) is 0 Å². The molecule has 0 radical (unpaired) electrons. The number of rotatable bonds is 3. The van der Waals surface area contributed by atoms with Crippen LogP contribution >= 0.6 is 0 Å². The molecule has 0 aliphatic carbocycles. The Balaban J connectivity index is 1.78. The van der Waals surface area contributed by atoms with Gasteiger partial charge in [0.15, 0.2) is 0 Å². The van der Waals surface area contributed by atoms with Crippen LogP contribution in [-0.4, -0.2) is 15.2 Å². The first kappa shape index (κ1) is 14.4. The number of fused-ring (bicyclic) bond motifs is 2. The molecule has 24 heavy (non-hydrogen) atoms. The van der Waals surface area contributed by atoms with Crippen molar-refractivity contribution in [1.29, 1.82) is 0 Å². The molecule has 5 nitrogen and oxygen atoms in total. The Labute approximate surface area is 138 Å². The van der Waals surface area contributed by atoms with Gasteiger partial charge in [0.2, 0.25) is 0 Å². The van der Waals surface area contributed by atoms with Gasteiger partial charge in [0.1, 0.15) is 0 Å². The zero-order valence-corrected chi connectivity index (χ0v) is 12.7. The van der Waals surface area contributed by atoms with Crippen molar-refractivity contribution in [3.63, 3.8) is 0 Å². The molecule has 2 N–H and O–H groups in total. The molecule has 0 amide bonds. The largest absolute Gasteiger partial charge is 0.733 e. The standard InChI is InChI=1S/C19H14N3O2/c23-22(24)16-6-7-19-18(10-16)15(12-21-19)5-4-13-2-1-3-14-11-20-9-8-17(13)14/h1-12,21,23H/q-1/b5-4+. The maximum absolute atomic E-state index is 11.1. The van der Waals surface area contributed by atoms with Gasteiger partial charge >= 0.3 is 0 Å². The third kappa shape index (κ3) is 2.52. The Bertz CT molecular complexity index is 1050. The number of pyridine rings is 1. The van der Waals surface area contributed by atoms with E-state index in [2.05, 4.69) is 9.97 Å². The summed E-state index contributed by atoms with van der Waals surface area (Å²) in [5.74, 6) is 0. The van der Waals surface area contributed by atoms with Gasteiger partial charge in [-0.1, -0.05) is 30.4 Å². The van der Waals surface area contributed by atoms with Crippen LogP contribution in [0.4, 0.5) is 5.69 Å². The first-order chi connectivity index (χ1) is 11.7.